The summed E-state index contributed by atoms with van der Waals surface area (Å²) < 4.78 is 16.3. The Morgan fingerprint density at radius 3 is 2.30 bits per heavy atom. The van der Waals surface area contributed by atoms with Crippen molar-refractivity contribution in [2.24, 2.45) is 5.84 Å². The number of aromatic nitrogens is 1. The Bertz CT molecular complexity index is 536. The number of rotatable bonds is 6. The summed E-state index contributed by atoms with van der Waals surface area (Å²) in [4.78, 5) is 4.12. The highest BCUT2D eigenvalue weighted by atomic mass is 16.5. The van der Waals surface area contributed by atoms with Crippen molar-refractivity contribution in [3.05, 3.63) is 42.1 Å². The summed E-state index contributed by atoms with van der Waals surface area (Å²) in [6.45, 7) is 0.356. The number of nitrogens with two attached hydrogens (primary N) is 1. The Balaban J connectivity index is 2.13. The van der Waals surface area contributed by atoms with E-state index in [9.17, 15) is 0 Å². The molecule has 6 heteroatoms. The van der Waals surface area contributed by atoms with Crippen molar-refractivity contribution in [2.45, 2.75) is 6.61 Å². The molecule has 0 saturated carbocycles. The second-order valence-corrected chi connectivity index (χ2v) is 3.98. The van der Waals surface area contributed by atoms with Gasteiger partial charge in [-0.05, 0) is 18.2 Å². The van der Waals surface area contributed by atoms with Crippen LogP contribution in [0.4, 0.5) is 5.82 Å². The highest BCUT2D eigenvalue weighted by molar-refractivity contribution is 5.51. The van der Waals surface area contributed by atoms with Crippen LogP contribution in [0.25, 0.3) is 0 Å². The summed E-state index contributed by atoms with van der Waals surface area (Å²) in [6, 6.07) is 9.13. The second-order valence-electron chi connectivity index (χ2n) is 3.98. The fraction of sp³-hybridized carbons (Fsp3) is 0.214. The number of hydrazine groups is 1. The first-order valence-corrected chi connectivity index (χ1v) is 6.03. The first-order chi connectivity index (χ1) is 9.78. The van der Waals surface area contributed by atoms with Crippen molar-refractivity contribution in [2.75, 3.05) is 19.6 Å². The second kappa shape index (κ2) is 6.63. The molecule has 0 fully saturated rings. The number of benzene rings is 1. The van der Waals surface area contributed by atoms with Gasteiger partial charge in [0.15, 0.2) is 11.5 Å². The van der Waals surface area contributed by atoms with Gasteiger partial charge in [0.1, 0.15) is 12.4 Å². The minimum absolute atomic E-state index is 0.356. The normalized spacial score (nSPS) is 9.95. The quantitative estimate of drug-likeness (QED) is 0.620. The van der Waals surface area contributed by atoms with Gasteiger partial charge >= 0.3 is 0 Å². The van der Waals surface area contributed by atoms with Gasteiger partial charge in [0, 0.05) is 11.8 Å². The van der Waals surface area contributed by atoms with Crippen molar-refractivity contribution in [1.82, 2.24) is 4.98 Å². The first-order valence-electron chi connectivity index (χ1n) is 6.03. The van der Waals surface area contributed by atoms with E-state index >= 15 is 0 Å². The molecule has 106 valence electrons. The molecular formula is C14H17N3O3. The van der Waals surface area contributed by atoms with E-state index in [4.69, 9.17) is 20.1 Å². The number of para-hydroxylation sites is 1. The van der Waals surface area contributed by atoms with E-state index in [-0.39, 0.29) is 0 Å². The molecule has 1 aromatic heterocycles. The smallest absolute Gasteiger partial charge is 0.203 e. The predicted molar refractivity (Wildman–Crippen MR) is 75.9 cm³/mol. The average molecular weight is 275 g/mol. The summed E-state index contributed by atoms with van der Waals surface area (Å²) >= 11 is 0. The Morgan fingerprint density at radius 1 is 1.10 bits per heavy atom. The molecule has 0 spiro atoms. The lowest BCUT2D eigenvalue weighted by molar-refractivity contribution is 0.265. The molecule has 0 saturated heterocycles. The Hall–Kier alpha value is -2.47. The number of nitrogens with one attached hydrogen (secondary N) is 1. The summed E-state index contributed by atoms with van der Waals surface area (Å²) in [6.07, 6.45) is 1.69. The molecule has 0 bridgehead atoms. The molecule has 3 N–H and O–H groups in total. The highest BCUT2D eigenvalue weighted by Gasteiger charge is 2.11. The number of hydrogen-bond donors (Lipinski definition) is 2. The SMILES string of the molecule is COc1cccc(OC)c1OCc1ccc(NN)nc1. The molecule has 1 aromatic carbocycles. The molecule has 0 amide bonds. The zero-order valence-electron chi connectivity index (χ0n) is 11.4. The van der Waals surface area contributed by atoms with Gasteiger partial charge in [-0.3, -0.25) is 0 Å². The lowest BCUT2D eigenvalue weighted by Gasteiger charge is -2.14. The maximum absolute atomic E-state index is 5.77. The largest absolute Gasteiger partial charge is 0.493 e. The number of nitrogens with zero attached hydrogens (tertiary/aromatic N) is 1. The topological polar surface area (TPSA) is 78.6 Å². The molecule has 6 nitrogen and oxygen atoms in total. The summed E-state index contributed by atoms with van der Waals surface area (Å²) in [5, 5.41) is 0. The molecule has 1 heterocycles. The van der Waals surface area contributed by atoms with Crippen LogP contribution < -0.4 is 25.5 Å². The lowest BCUT2D eigenvalue weighted by atomic mass is 10.2. The standard InChI is InChI=1S/C14H17N3O3/c1-18-11-4-3-5-12(19-2)14(11)20-9-10-6-7-13(17-15)16-8-10/h3-8H,9,15H2,1-2H3,(H,16,17). The number of methoxy groups -OCH3 is 2. The lowest BCUT2D eigenvalue weighted by Crippen LogP contribution is -2.08. The maximum Gasteiger partial charge on any atom is 0.203 e. The maximum atomic E-state index is 5.77. The Kier molecular flexibility index (Phi) is 4.62. The highest BCUT2D eigenvalue weighted by Crippen LogP contribution is 2.37. The predicted octanol–water partition coefficient (Wildman–Crippen LogP) is 1.96. The van der Waals surface area contributed by atoms with E-state index in [2.05, 4.69) is 10.4 Å². The molecular weight excluding hydrogens is 258 g/mol. The van der Waals surface area contributed by atoms with Crippen molar-refractivity contribution in [1.29, 1.82) is 0 Å². The minimum atomic E-state index is 0.356. The molecule has 0 atom stereocenters. The molecule has 0 unspecified atom stereocenters. The fourth-order valence-corrected chi connectivity index (χ4v) is 1.71. The van der Waals surface area contributed by atoms with Crippen molar-refractivity contribution in [3.8, 4) is 17.2 Å². The van der Waals surface area contributed by atoms with Gasteiger partial charge in [0.05, 0.1) is 14.2 Å². The third-order valence-corrected chi connectivity index (χ3v) is 2.74. The van der Waals surface area contributed by atoms with Gasteiger partial charge in [-0.1, -0.05) is 12.1 Å². The number of hydrogen-bond acceptors (Lipinski definition) is 6. The molecule has 0 radical (unpaired) electrons. The average Bonchev–Trinajstić information content (AvgIpc) is 2.52. The number of ether oxygens (including phenoxy) is 3. The van der Waals surface area contributed by atoms with Crippen LogP contribution >= 0.6 is 0 Å². The zero-order valence-corrected chi connectivity index (χ0v) is 11.4. The fourth-order valence-electron chi connectivity index (χ4n) is 1.71. The molecule has 0 aliphatic carbocycles. The van der Waals surface area contributed by atoms with Gasteiger partial charge in [0.25, 0.3) is 0 Å². The summed E-state index contributed by atoms with van der Waals surface area (Å²) in [5.41, 5.74) is 3.39. The zero-order chi connectivity index (χ0) is 14.4. The van der Waals surface area contributed by atoms with Crippen LogP contribution in [0.1, 0.15) is 5.56 Å². The van der Waals surface area contributed by atoms with Gasteiger partial charge in [-0.25, -0.2) is 10.8 Å². The van der Waals surface area contributed by atoms with Gasteiger partial charge in [-0.15, -0.1) is 0 Å². The molecule has 0 aliphatic heterocycles. The number of nitrogen functional groups attached to an aromatic ring is 1. The number of anilines is 1. The van der Waals surface area contributed by atoms with Crippen LogP contribution in [-0.2, 0) is 6.61 Å². The number of pyridine rings is 1. The summed E-state index contributed by atoms with van der Waals surface area (Å²) in [7, 11) is 3.18. The van der Waals surface area contributed by atoms with Gasteiger partial charge in [-0.2, -0.15) is 0 Å². The first kappa shape index (κ1) is 14.0. The van der Waals surface area contributed by atoms with E-state index in [1.807, 2.05) is 24.3 Å². The van der Waals surface area contributed by atoms with E-state index in [0.717, 1.165) is 5.56 Å². The van der Waals surface area contributed by atoms with E-state index < -0.39 is 0 Å². The molecule has 0 aliphatic rings. The van der Waals surface area contributed by atoms with Crippen molar-refractivity contribution in [3.63, 3.8) is 0 Å². The van der Waals surface area contributed by atoms with Crippen molar-refractivity contribution >= 4 is 5.82 Å². The summed E-state index contributed by atoms with van der Waals surface area (Å²) in [5.74, 6) is 7.68. The molecule has 2 aromatic rings. The van der Waals surface area contributed by atoms with Crippen LogP contribution in [0.2, 0.25) is 0 Å². The van der Waals surface area contributed by atoms with E-state index in [0.29, 0.717) is 29.7 Å². The van der Waals surface area contributed by atoms with Crippen LogP contribution in [0.5, 0.6) is 17.2 Å². The van der Waals surface area contributed by atoms with E-state index in [1.165, 1.54) is 0 Å². The molecule has 2 rings (SSSR count). The Morgan fingerprint density at radius 2 is 1.80 bits per heavy atom. The van der Waals surface area contributed by atoms with Crippen molar-refractivity contribution < 1.29 is 14.2 Å². The molecule has 20 heavy (non-hydrogen) atoms. The van der Waals surface area contributed by atoms with Crippen LogP contribution in [0, 0.1) is 0 Å². The van der Waals surface area contributed by atoms with Gasteiger partial charge < -0.3 is 19.6 Å². The Labute approximate surface area is 117 Å². The van der Waals surface area contributed by atoms with Crippen LogP contribution in [0.15, 0.2) is 36.5 Å². The van der Waals surface area contributed by atoms with E-state index in [1.54, 1.807) is 26.5 Å². The van der Waals surface area contributed by atoms with Crippen LogP contribution in [-0.4, -0.2) is 19.2 Å². The monoisotopic (exact) mass is 275 g/mol. The van der Waals surface area contributed by atoms with Gasteiger partial charge in [0.2, 0.25) is 5.75 Å². The van der Waals surface area contributed by atoms with Crippen LogP contribution in [0.3, 0.4) is 0 Å². The third kappa shape index (κ3) is 3.10. The minimum Gasteiger partial charge on any atom is -0.493 e. The third-order valence-electron chi connectivity index (χ3n) is 2.74.